The summed E-state index contributed by atoms with van der Waals surface area (Å²) >= 11 is 3.46. The Labute approximate surface area is 101 Å². The Bertz CT molecular complexity index is 155. The summed E-state index contributed by atoms with van der Waals surface area (Å²) in [6.45, 7) is 8.72. The molecule has 0 aromatic carbocycles. The summed E-state index contributed by atoms with van der Waals surface area (Å²) in [5.41, 5.74) is 0. The van der Waals surface area contributed by atoms with Crippen LogP contribution in [0.15, 0.2) is 25.3 Å². The van der Waals surface area contributed by atoms with Crippen LogP contribution in [0.25, 0.3) is 0 Å². The SMILES string of the molecule is C=CCC(C=C)[N+](C)(C)CCBr.[Br-]. The van der Waals surface area contributed by atoms with Crippen molar-refractivity contribution in [3.63, 3.8) is 0 Å². The number of rotatable bonds is 6. The second-order valence-corrected chi connectivity index (χ2v) is 4.31. The fraction of sp³-hybridized carbons (Fsp3) is 0.600. The van der Waals surface area contributed by atoms with Gasteiger partial charge in [0.15, 0.2) is 0 Å². The van der Waals surface area contributed by atoms with Crippen molar-refractivity contribution in [1.29, 1.82) is 0 Å². The standard InChI is InChI=1S/C10H19BrN.BrH/c1-5-7-10(6-2)12(3,4)9-8-11;/h5-6,10H,1-2,7-9H2,3-4H3;1H/q+1;/p-1. The lowest BCUT2D eigenvalue weighted by Gasteiger charge is -2.35. The third kappa shape index (κ3) is 5.66. The van der Waals surface area contributed by atoms with Crippen LogP contribution in [-0.4, -0.2) is 36.5 Å². The van der Waals surface area contributed by atoms with Crippen LogP contribution in [0.2, 0.25) is 0 Å². The van der Waals surface area contributed by atoms with Crippen molar-refractivity contribution in [3.05, 3.63) is 25.3 Å². The number of hydrogen-bond acceptors (Lipinski definition) is 0. The van der Waals surface area contributed by atoms with Gasteiger partial charge in [-0.2, -0.15) is 0 Å². The van der Waals surface area contributed by atoms with Gasteiger partial charge in [0, 0.05) is 6.42 Å². The van der Waals surface area contributed by atoms with E-state index in [-0.39, 0.29) is 17.0 Å². The first-order valence-electron chi connectivity index (χ1n) is 4.20. The molecule has 0 fully saturated rings. The number of alkyl halides is 1. The number of quaternary nitrogens is 1. The van der Waals surface area contributed by atoms with Crippen LogP contribution in [0.5, 0.6) is 0 Å². The summed E-state index contributed by atoms with van der Waals surface area (Å²) in [5.74, 6) is 0. The molecular weight excluding hydrogens is 294 g/mol. The van der Waals surface area contributed by atoms with E-state index < -0.39 is 0 Å². The topological polar surface area (TPSA) is 0 Å². The number of hydrogen-bond donors (Lipinski definition) is 0. The Hall–Kier alpha value is 0.400. The molecule has 0 amide bonds. The van der Waals surface area contributed by atoms with Gasteiger partial charge >= 0.3 is 0 Å². The highest BCUT2D eigenvalue weighted by atomic mass is 79.9. The lowest BCUT2D eigenvalue weighted by Crippen LogP contribution is -3.00. The molecule has 1 nitrogen and oxygen atoms in total. The van der Waals surface area contributed by atoms with Gasteiger partial charge in [-0.25, -0.2) is 0 Å². The average Bonchev–Trinajstić information content (AvgIpc) is 1.99. The van der Waals surface area contributed by atoms with Gasteiger partial charge < -0.3 is 21.5 Å². The molecule has 0 N–H and O–H groups in total. The summed E-state index contributed by atoms with van der Waals surface area (Å²) < 4.78 is 0.973. The number of nitrogens with zero attached hydrogens (tertiary/aromatic N) is 1. The van der Waals surface area contributed by atoms with Crippen LogP contribution in [0.4, 0.5) is 0 Å². The van der Waals surface area contributed by atoms with Crippen LogP contribution in [0.3, 0.4) is 0 Å². The van der Waals surface area contributed by atoms with Gasteiger partial charge in [0.2, 0.25) is 0 Å². The molecule has 0 rings (SSSR count). The first kappa shape index (κ1) is 15.9. The summed E-state index contributed by atoms with van der Waals surface area (Å²) in [7, 11) is 4.44. The van der Waals surface area contributed by atoms with E-state index in [9.17, 15) is 0 Å². The third-order valence-electron chi connectivity index (χ3n) is 2.24. The normalized spacial score (nSPS) is 12.8. The third-order valence-corrected chi connectivity index (χ3v) is 2.59. The Balaban J connectivity index is 0. The smallest absolute Gasteiger partial charge is 0.110 e. The lowest BCUT2D eigenvalue weighted by molar-refractivity contribution is -0.905. The van der Waals surface area contributed by atoms with Crippen molar-refractivity contribution >= 4 is 15.9 Å². The number of likely N-dealkylation sites (N-methyl/N-ethyl adjacent to an activating group) is 1. The van der Waals surface area contributed by atoms with Crippen LogP contribution < -0.4 is 17.0 Å². The van der Waals surface area contributed by atoms with E-state index in [1.54, 1.807) is 0 Å². The van der Waals surface area contributed by atoms with E-state index in [2.05, 4.69) is 43.2 Å². The molecule has 0 saturated carbocycles. The molecule has 0 radical (unpaired) electrons. The summed E-state index contributed by atoms with van der Waals surface area (Å²) in [4.78, 5) is 0. The van der Waals surface area contributed by atoms with E-state index in [0.717, 1.165) is 22.8 Å². The highest BCUT2D eigenvalue weighted by Crippen LogP contribution is 2.12. The van der Waals surface area contributed by atoms with E-state index in [1.165, 1.54) is 0 Å². The minimum atomic E-state index is 0. The fourth-order valence-electron chi connectivity index (χ4n) is 1.22. The minimum absolute atomic E-state index is 0. The molecule has 0 aliphatic rings. The predicted molar refractivity (Wildman–Crippen MR) is 59.6 cm³/mol. The average molecular weight is 313 g/mol. The molecule has 1 unspecified atom stereocenters. The molecule has 0 heterocycles. The lowest BCUT2D eigenvalue weighted by atomic mass is 10.1. The zero-order chi connectivity index (χ0) is 9.61. The summed E-state index contributed by atoms with van der Waals surface area (Å²) in [6.07, 6.45) is 4.98. The van der Waals surface area contributed by atoms with Gasteiger partial charge in [-0.3, -0.25) is 0 Å². The van der Waals surface area contributed by atoms with Crippen LogP contribution >= 0.6 is 15.9 Å². The molecule has 0 aromatic heterocycles. The summed E-state index contributed by atoms with van der Waals surface area (Å²) in [5, 5.41) is 1.03. The predicted octanol–water partition coefficient (Wildman–Crippen LogP) is -0.408. The van der Waals surface area contributed by atoms with Crippen molar-refractivity contribution in [2.75, 3.05) is 26.0 Å². The molecule has 0 aliphatic heterocycles. The van der Waals surface area contributed by atoms with Crippen molar-refractivity contribution in [1.82, 2.24) is 0 Å². The molecule has 0 aromatic rings. The first-order valence-corrected chi connectivity index (χ1v) is 5.32. The van der Waals surface area contributed by atoms with E-state index in [0.29, 0.717) is 6.04 Å². The quantitative estimate of drug-likeness (QED) is 0.355. The van der Waals surface area contributed by atoms with E-state index >= 15 is 0 Å². The van der Waals surface area contributed by atoms with Crippen LogP contribution in [0.1, 0.15) is 6.42 Å². The van der Waals surface area contributed by atoms with E-state index in [4.69, 9.17) is 0 Å². The second-order valence-electron chi connectivity index (χ2n) is 3.52. The fourth-order valence-corrected chi connectivity index (χ4v) is 2.14. The molecule has 0 bridgehead atoms. The molecule has 0 saturated heterocycles. The maximum atomic E-state index is 3.85. The Kier molecular flexibility index (Phi) is 9.48. The van der Waals surface area contributed by atoms with Crippen molar-refractivity contribution in [2.45, 2.75) is 12.5 Å². The molecular formula is C10H19Br2N. The molecule has 3 heteroatoms. The highest BCUT2D eigenvalue weighted by Gasteiger charge is 2.22. The molecule has 0 aliphatic carbocycles. The minimum Gasteiger partial charge on any atom is -1.00 e. The first-order chi connectivity index (χ1) is 5.58. The monoisotopic (exact) mass is 311 g/mol. The van der Waals surface area contributed by atoms with Gasteiger partial charge in [-0.1, -0.05) is 28.6 Å². The zero-order valence-electron chi connectivity index (χ0n) is 8.47. The van der Waals surface area contributed by atoms with Gasteiger partial charge in [-0.05, 0) is 6.08 Å². The largest absolute Gasteiger partial charge is 1.00 e. The highest BCUT2D eigenvalue weighted by molar-refractivity contribution is 9.09. The van der Waals surface area contributed by atoms with Crippen molar-refractivity contribution in [3.8, 4) is 0 Å². The summed E-state index contributed by atoms with van der Waals surface area (Å²) in [6, 6.07) is 0.486. The van der Waals surface area contributed by atoms with Crippen molar-refractivity contribution < 1.29 is 21.5 Å². The molecule has 13 heavy (non-hydrogen) atoms. The van der Waals surface area contributed by atoms with Crippen LogP contribution in [-0.2, 0) is 0 Å². The van der Waals surface area contributed by atoms with Gasteiger partial charge in [0.05, 0.1) is 26.0 Å². The zero-order valence-corrected chi connectivity index (χ0v) is 11.6. The van der Waals surface area contributed by atoms with Gasteiger partial charge in [-0.15, -0.1) is 6.58 Å². The molecule has 1 atom stereocenters. The molecule has 78 valence electrons. The Morgan fingerprint density at radius 1 is 1.38 bits per heavy atom. The second kappa shape index (κ2) is 7.77. The molecule has 0 spiro atoms. The Morgan fingerprint density at radius 3 is 2.23 bits per heavy atom. The maximum Gasteiger partial charge on any atom is 0.110 e. The van der Waals surface area contributed by atoms with Crippen LogP contribution in [0, 0.1) is 0 Å². The number of halogens is 2. The van der Waals surface area contributed by atoms with Crippen molar-refractivity contribution in [2.24, 2.45) is 0 Å². The van der Waals surface area contributed by atoms with Gasteiger partial charge in [0.1, 0.15) is 6.04 Å². The van der Waals surface area contributed by atoms with E-state index in [1.807, 2.05) is 12.2 Å². The Morgan fingerprint density at radius 2 is 1.92 bits per heavy atom. The van der Waals surface area contributed by atoms with Gasteiger partial charge in [0.25, 0.3) is 0 Å². The maximum absolute atomic E-state index is 3.85.